The average molecular weight is 364 g/mol. The van der Waals surface area contributed by atoms with Crippen molar-refractivity contribution in [2.45, 2.75) is 24.9 Å². The lowest BCUT2D eigenvalue weighted by atomic mass is 9.94. The second kappa shape index (κ2) is 4.62. The van der Waals surface area contributed by atoms with Crippen molar-refractivity contribution < 1.29 is 14.5 Å². The Morgan fingerprint density at radius 1 is 1.29 bits per heavy atom. The summed E-state index contributed by atoms with van der Waals surface area (Å²) in [6.07, 6.45) is -0.243. The minimum absolute atomic E-state index is 0.140. The van der Waals surface area contributed by atoms with Crippen LogP contribution in [0.25, 0.3) is 0 Å². The van der Waals surface area contributed by atoms with Crippen LogP contribution in [0.1, 0.15) is 18.4 Å². The van der Waals surface area contributed by atoms with Crippen molar-refractivity contribution in [2.75, 3.05) is 6.61 Å². The summed E-state index contributed by atoms with van der Waals surface area (Å²) in [7, 11) is 0. The molecule has 2 aliphatic heterocycles. The lowest BCUT2D eigenvalue weighted by molar-refractivity contribution is -0.677. The first kappa shape index (κ1) is 15.7. The van der Waals surface area contributed by atoms with E-state index in [0.29, 0.717) is 15.6 Å². The van der Waals surface area contributed by atoms with E-state index in [1.54, 1.807) is 18.2 Å². The van der Waals surface area contributed by atoms with Gasteiger partial charge in [0.25, 0.3) is 5.84 Å². The number of nitrogens with one attached hydrogen (secondary N) is 1. The molecule has 1 aromatic carbocycles. The molecule has 5 atom stereocenters. The number of hydrogen-bond acceptors (Lipinski definition) is 5. The van der Waals surface area contributed by atoms with Crippen LogP contribution in [0.2, 0.25) is 10.0 Å². The fraction of sp³-hybridized carbons (Fsp3) is 0.438. The zero-order valence-corrected chi connectivity index (χ0v) is 14.1. The Labute approximate surface area is 148 Å². The maximum Gasteiger partial charge on any atom is 0.343 e. The quantitative estimate of drug-likeness (QED) is 0.761. The number of nitrogens with two attached hydrogens (primary N) is 1. The Hall–Kier alpha value is -1.83. The van der Waals surface area contributed by atoms with Crippen LogP contribution >= 0.6 is 23.2 Å². The lowest BCUT2D eigenvalue weighted by Gasteiger charge is -2.24. The van der Waals surface area contributed by atoms with Crippen molar-refractivity contribution in [3.8, 4) is 12.1 Å². The number of ether oxygens (including phenoxy) is 2. The van der Waals surface area contributed by atoms with E-state index >= 15 is 0 Å². The van der Waals surface area contributed by atoms with Gasteiger partial charge in [0.2, 0.25) is 0 Å². The van der Waals surface area contributed by atoms with E-state index in [2.05, 4.69) is 17.1 Å². The van der Waals surface area contributed by atoms with Crippen LogP contribution in [-0.2, 0) is 9.47 Å². The highest BCUT2D eigenvalue weighted by atomic mass is 35.5. The van der Waals surface area contributed by atoms with E-state index in [-0.39, 0.29) is 18.5 Å². The van der Waals surface area contributed by atoms with Gasteiger partial charge in [0.1, 0.15) is 0 Å². The third kappa shape index (κ3) is 1.42. The molecule has 1 saturated carbocycles. The minimum atomic E-state index is -1.48. The Morgan fingerprint density at radius 3 is 2.46 bits per heavy atom. The summed E-state index contributed by atoms with van der Waals surface area (Å²) < 4.78 is 11.7. The zero-order valence-electron chi connectivity index (χ0n) is 12.6. The molecule has 0 aromatic heterocycles. The van der Waals surface area contributed by atoms with E-state index < -0.39 is 22.7 Å². The van der Waals surface area contributed by atoms with Gasteiger partial charge in [0.15, 0.2) is 10.8 Å². The van der Waals surface area contributed by atoms with Crippen molar-refractivity contribution in [3.63, 3.8) is 0 Å². The first-order valence-corrected chi connectivity index (χ1v) is 8.15. The van der Waals surface area contributed by atoms with Gasteiger partial charge >= 0.3 is 5.91 Å². The number of amidine groups is 1. The molecule has 1 spiro atoms. The Kier molecular flexibility index (Phi) is 3.02. The molecule has 3 N–H and O–H groups in total. The van der Waals surface area contributed by atoms with Crippen LogP contribution in [0.5, 0.6) is 0 Å². The monoisotopic (exact) mass is 363 g/mol. The summed E-state index contributed by atoms with van der Waals surface area (Å²) in [5.41, 5.74) is 3.97. The predicted molar refractivity (Wildman–Crippen MR) is 84.7 cm³/mol. The molecule has 6 nitrogen and oxygen atoms in total. The summed E-state index contributed by atoms with van der Waals surface area (Å²) in [4.78, 5) is 2.90. The molecule has 0 unspecified atom stereocenters. The smallest absolute Gasteiger partial charge is 0.311 e. The molecule has 1 aliphatic carbocycles. The number of rotatable bonds is 1. The third-order valence-corrected chi connectivity index (χ3v) is 5.84. The van der Waals surface area contributed by atoms with Crippen LogP contribution in [-0.4, -0.2) is 24.5 Å². The summed E-state index contributed by atoms with van der Waals surface area (Å²) in [6, 6.07) is 9.48. The van der Waals surface area contributed by atoms with Crippen molar-refractivity contribution in [2.24, 2.45) is 16.6 Å². The normalized spacial score (nSPS) is 42.3. The summed E-state index contributed by atoms with van der Waals surface area (Å²) in [5, 5.41) is 20.7. The van der Waals surface area contributed by atoms with Gasteiger partial charge < -0.3 is 9.47 Å². The van der Waals surface area contributed by atoms with E-state index in [1.165, 1.54) is 0 Å². The highest BCUT2D eigenvalue weighted by Crippen LogP contribution is 2.80. The number of halogens is 2. The van der Waals surface area contributed by atoms with Gasteiger partial charge in [-0.3, -0.25) is 5.73 Å². The molecular formula is C16H13Cl2N4O2+. The van der Waals surface area contributed by atoms with Gasteiger partial charge in [0, 0.05) is 10.0 Å². The molecule has 4 rings (SSSR count). The van der Waals surface area contributed by atoms with Crippen LogP contribution in [0, 0.1) is 33.5 Å². The van der Waals surface area contributed by atoms with E-state index in [9.17, 15) is 10.5 Å². The maximum atomic E-state index is 10.1. The fourth-order valence-electron chi connectivity index (χ4n) is 4.18. The molecule has 3 aliphatic rings. The van der Waals surface area contributed by atoms with E-state index in [1.807, 2.05) is 6.92 Å². The molecule has 1 saturated heterocycles. The van der Waals surface area contributed by atoms with Gasteiger partial charge in [-0.15, -0.1) is 0 Å². The molecule has 122 valence electrons. The van der Waals surface area contributed by atoms with Crippen molar-refractivity contribution >= 4 is 29.0 Å². The first-order chi connectivity index (χ1) is 11.4. The van der Waals surface area contributed by atoms with Crippen molar-refractivity contribution in [1.29, 1.82) is 10.5 Å². The van der Waals surface area contributed by atoms with Crippen LogP contribution < -0.4 is 10.7 Å². The van der Waals surface area contributed by atoms with E-state index in [4.69, 9.17) is 38.4 Å². The summed E-state index contributed by atoms with van der Waals surface area (Å²) in [6.45, 7) is 2.11. The zero-order chi connectivity index (χ0) is 17.3. The van der Waals surface area contributed by atoms with Gasteiger partial charge in [-0.05, 0) is 24.6 Å². The minimum Gasteiger partial charge on any atom is -0.311 e. The number of nitrogens with zero attached hydrogens (tertiary/aromatic N) is 2. The average Bonchev–Trinajstić information content (AvgIpc) is 2.89. The number of benzene rings is 1. The summed E-state index contributed by atoms with van der Waals surface area (Å²) in [5.74, 6) is -1.98. The molecule has 0 bridgehead atoms. The second-order valence-corrected chi connectivity index (χ2v) is 7.12. The SMILES string of the molecule is C[C@@H]1CO[C@@]2([NH+]=C(N)[C@@]3(C#N)[C@@H](c4c(Cl)cccc4Cl)[C@@]23C#N)O1. The Bertz CT molecular complexity index is 856. The fourth-order valence-corrected chi connectivity index (χ4v) is 4.80. The molecule has 8 heteroatoms. The van der Waals surface area contributed by atoms with Gasteiger partial charge in [0.05, 0.1) is 30.8 Å². The van der Waals surface area contributed by atoms with Crippen molar-refractivity contribution in [1.82, 2.24) is 0 Å². The predicted octanol–water partition coefficient (Wildman–Crippen LogP) is 0.651. The Morgan fingerprint density at radius 2 is 1.96 bits per heavy atom. The molecule has 0 amide bonds. The third-order valence-electron chi connectivity index (χ3n) is 5.18. The molecule has 0 radical (unpaired) electrons. The van der Waals surface area contributed by atoms with Crippen molar-refractivity contribution in [3.05, 3.63) is 33.8 Å². The lowest BCUT2D eigenvalue weighted by Crippen LogP contribution is -2.90. The van der Waals surface area contributed by atoms with E-state index in [0.717, 1.165) is 0 Å². The molecule has 1 aromatic rings. The molecular weight excluding hydrogens is 351 g/mol. The van der Waals surface area contributed by atoms with Crippen LogP contribution in [0.15, 0.2) is 18.2 Å². The topological polar surface area (TPSA) is 106 Å². The van der Waals surface area contributed by atoms with Crippen LogP contribution in [0.3, 0.4) is 0 Å². The van der Waals surface area contributed by atoms with Gasteiger partial charge in [-0.1, -0.05) is 29.3 Å². The number of nitriles is 2. The maximum absolute atomic E-state index is 10.1. The van der Waals surface area contributed by atoms with Gasteiger partial charge in [-0.2, -0.15) is 10.5 Å². The second-order valence-electron chi connectivity index (χ2n) is 6.30. The highest BCUT2D eigenvalue weighted by molar-refractivity contribution is 6.36. The highest BCUT2D eigenvalue weighted by Gasteiger charge is 2.98. The largest absolute Gasteiger partial charge is 0.343 e. The van der Waals surface area contributed by atoms with Crippen LogP contribution in [0.4, 0.5) is 0 Å². The summed E-state index contributed by atoms with van der Waals surface area (Å²) >= 11 is 12.7. The number of hydrogen-bond donors (Lipinski definition) is 2. The standard InChI is InChI=1S/C16H12Cl2N4O2/c1-8-5-23-16(24-8)15(7-20)12(14(15,6-19)13(21)22-16)11-9(17)3-2-4-10(11)18/h2-4,8,12H,5H2,1H3,(H2,21,22)/p+1/t8-,12-,14-,15-,16-/m1/s1. The molecule has 2 heterocycles. The van der Waals surface area contributed by atoms with Gasteiger partial charge in [-0.25, -0.2) is 4.99 Å². The first-order valence-electron chi connectivity index (χ1n) is 7.39. The molecule has 24 heavy (non-hydrogen) atoms. The Balaban J connectivity index is 1.98. The number of fused-ring (bicyclic) bond motifs is 2. The molecule has 2 fully saturated rings.